The second-order valence-electron chi connectivity index (χ2n) is 5.84. The van der Waals surface area contributed by atoms with Crippen LogP contribution in [0, 0.1) is 5.82 Å². The molecule has 1 aliphatic rings. The van der Waals surface area contributed by atoms with E-state index in [9.17, 15) is 9.18 Å². The van der Waals surface area contributed by atoms with Gasteiger partial charge in [-0.1, -0.05) is 47.6 Å². The molecule has 0 saturated heterocycles. The first kappa shape index (κ1) is 16.7. The van der Waals surface area contributed by atoms with Crippen LogP contribution in [0.1, 0.15) is 21.5 Å². The molecule has 0 bridgehead atoms. The van der Waals surface area contributed by atoms with E-state index in [4.69, 9.17) is 9.57 Å². The molecule has 3 aromatic rings. The molecule has 0 radical (unpaired) electrons. The standard InChI is InChI=1S/C22H14FNO3/c23-17-12-10-15(11-13-17)14-20-21(18-8-4-5-9-19(18)26-20)24-27-22(25)16-6-2-1-3-7-16/h1-14H/b20-14+,24-21+. The van der Waals surface area contributed by atoms with Gasteiger partial charge in [0.25, 0.3) is 0 Å². The largest absolute Gasteiger partial charge is 0.454 e. The first-order valence-corrected chi connectivity index (χ1v) is 8.30. The Morgan fingerprint density at radius 1 is 0.926 bits per heavy atom. The lowest BCUT2D eigenvalue weighted by Gasteiger charge is -2.02. The summed E-state index contributed by atoms with van der Waals surface area (Å²) in [5, 5.41) is 4.04. The molecular formula is C22H14FNO3. The van der Waals surface area contributed by atoms with Crippen molar-refractivity contribution in [3.63, 3.8) is 0 Å². The number of ether oxygens (including phenoxy) is 1. The molecule has 1 heterocycles. The minimum absolute atomic E-state index is 0.321. The molecule has 1 aliphatic heterocycles. The predicted molar refractivity (Wildman–Crippen MR) is 99.8 cm³/mol. The average Bonchev–Trinajstić information content (AvgIpc) is 3.05. The van der Waals surface area contributed by atoms with Crippen molar-refractivity contribution < 1.29 is 18.8 Å². The Labute approximate surface area is 155 Å². The van der Waals surface area contributed by atoms with Crippen molar-refractivity contribution in [1.29, 1.82) is 0 Å². The number of carbonyl (C=O) groups is 1. The smallest absolute Gasteiger partial charge is 0.365 e. The summed E-state index contributed by atoms with van der Waals surface area (Å²) >= 11 is 0. The minimum Gasteiger partial charge on any atom is -0.454 e. The van der Waals surface area contributed by atoms with E-state index in [1.807, 2.05) is 24.3 Å². The van der Waals surface area contributed by atoms with Crippen molar-refractivity contribution in [3.8, 4) is 5.75 Å². The summed E-state index contributed by atoms with van der Waals surface area (Å²) in [5.74, 6) is 0.149. The van der Waals surface area contributed by atoms with Crippen LogP contribution in [-0.2, 0) is 4.84 Å². The minimum atomic E-state index is -0.561. The van der Waals surface area contributed by atoms with Crippen LogP contribution in [0.4, 0.5) is 4.39 Å². The molecule has 0 aliphatic carbocycles. The number of para-hydroxylation sites is 1. The zero-order valence-electron chi connectivity index (χ0n) is 14.1. The van der Waals surface area contributed by atoms with Gasteiger partial charge in [0.05, 0.1) is 11.1 Å². The molecule has 0 atom stereocenters. The molecule has 4 rings (SSSR count). The Balaban J connectivity index is 1.67. The summed E-state index contributed by atoms with van der Waals surface area (Å²) in [6.45, 7) is 0. The Morgan fingerprint density at radius 2 is 1.63 bits per heavy atom. The van der Waals surface area contributed by atoms with Gasteiger partial charge in [0.15, 0.2) is 11.5 Å². The molecule has 27 heavy (non-hydrogen) atoms. The lowest BCUT2D eigenvalue weighted by Crippen LogP contribution is -2.06. The number of nitrogens with zero attached hydrogens (tertiary/aromatic N) is 1. The van der Waals surface area contributed by atoms with Crippen LogP contribution < -0.4 is 4.74 Å². The number of oxime groups is 1. The molecule has 0 aromatic heterocycles. The molecule has 0 fully saturated rings. The number of benzene rings is 3. The van der Waals surface area contributed by atoms with Crippen molar-refractivity contribution in [2.45, 2.75) is 0 Å². The number of allylic oxidation sites excluding steroid dienone is 1. The van der Waals surface area contributed by atoms with E-state index >= 15 is 0 Å². The number of carbonyl (C=O) groups excluding carboxylic acids is 1. The molecule has 4 nitrogen and oxygen atoms in total. The van der Waals surface area contributed by atoms with Crippen LogP contribution >= 0.6 is 0 Å². The number of hydrogen-bond acceptors (Lipinski definition) is 4. The highest BCUT2D eigenvalue weighted by Gasteiger charge is 2.26. The first-order valence-electron chi connectivity index (χ1n) is 8.30. The van der Waals surface area contributed by atoms with E-state index in [-0.39, 0.29) is 5.82 Å². The van der Waals surface area contributed by atoms with Crippen molar-refractivity contribution in [1.82, 2.24) is 0 Å². The van der Waals surface area contributed by atoms with Gasteiger partial charge in [-0.2, -0.15) is 0 Å². The summed E-state index contributed by atoms with van der Waals surface area (Å²) in [4.78, 5) is 17.3. The van der Waals surface area contributed by atoms with Crippen molar-refractivity contribution in [2.24, 2.45) is 5.16 Å². The molecule has 5 heteroatoms. The first-order chi connectivity index (χ1) is 13.2. The topological polar surface area (TPSA) is 47.9 Å². The zero-order valence-corrected chi connectivity index (χ0v) is 14.1. The molecule has 0 saturated carbocycles. The van der Waals surface area contributed by atoms with Gasteiger partial charge < -0.3 is 9.57 Å². The molecule has 3 aromatic carbocycles. The van der Waals surface area contributed by atoms with Gasteiger partial charge in [-0.25, -0.2) is 9.18 Å². The maximum Gasteiger partial charge on any atom is 0.365 e. The predicted octanol–water partition coefficient (Wildman–Crippen LogP) is 4.82. The Morgan fingerprint density at radius 3 is 2.41 bits per heavy atom. The van der Waals surface area contributed by atoms with Crippen LogP contribution in [0.3, 0.4) is 0 Å². The summed E-state index contributed by atoms with van der Waals surface area (Å²) < 4.78 is 19.0. The molecule has 0 amide bonds. The maximum atomic E-state index is 13.1. The number of halogens is 1. The summed E-state index contributed by atoms with van der Waals surface area (Å²) in [6.07, 6.45) is 1.72. The van der Waals surface area contributed by atoms with Crippen molar-refractivity contribution in [3.05, 3.63) is 107 Å². The van der Waals surface area contributed by atoms with E-state index < -0.39 is 5.97 Å². The number of rotatable bonds is 3. The van der Waals surface area contributed by atoms with Gasteiger partial charge in [-0.15, -0.1) is 0 Å². The van der Waals surface area contributed by atoms with Gasteiger partial charge in [-0.3, -0.25) is 0 Å². The van der Waals surface area contributed by atoms with Crippen LogP contribution in [-0.4, -0.2) is 11.7 Å². The van der Waals surface area contributed by atoms with E-state index in [2.05, 4.69) is 5.16 Å². The average molecular weight is 359 g/mol. The maximum absolute atomic E-state index is 13.1. The van der Waals surface area contributed by atoms with Gasteiger partial charge in [0.1, 0.15) is 11.6 Å². The van der Waals surface area contributed by atoms with Crippen molar-refractivity contribution in [2.75, 3.05) is 0 Å². The van der Waals surface area contributed by atoms with E-state index in [1.54, 1.807) is 48.5 Å². The van der Waals surface area contributed by atoms with Crippen LogP contribution in [0.5, 0.6) is 5.75 Å². The van der Waals surface area contributed by atoms with Crippen LogP contribution in [0.25, 0.3) is 6.08 Å². The summed E-state index contributed by atoms with van der Waals surface area (Å²) in [6, 6.07) is 21.9. The highest BCUT2D eigenvalue weighted by Crippen LogP contribution is 2.32. The third-order valence-electron chi connectivity index (χ3n) is 3.99. The monoisotopic (exact) mass is 359 g/mol. The molecule has 132 valence electrons. The third kappa shape index (κ3) is 3.62. The Hall–Kier alpha value is -3.73. The van der Waals surface area contributed by atoms with Crippen LogP contribution in [0.15, 0.2) is 89.8 Å². The number of hydrogen-bond donors (Lipinski definition) is 0. The molecule has 0 N–H and O–H groups in total. The van der Waals surface area contributed by atoms with Gasteiger partial charge in [0, 0.05) is 0 Å². The molecule has 0 spiro atoms. The second-order valence-corrected chi connectivity index (χ2v) is 5.84. The summed E-state index contributed by atoms with van der Waals surface area (Å²) in [7, 11) is 0. The van der Waals surface area contributed by atoms with Gasteiger partial charge >= 0.3 is 5.97 Å². The fourth-order valence-electron chi connectivity index (χ4n) is 2.67. The Kier molecular flexibility index (Phi) is 4.49. The normalized spacial score (nSPS) is 15.4. The van der Waals surface area contributed by atoms with E-state index in [1.165, 1.54) is 12.1 Å². The SMILES string of the molecule is O=C(O/N=C1/C(=C\c2ccc(F)cc2)Oc2ccccc21)c1ccccc1. The van der Waals surface area contributed by atoms with Gasteiger partial charge in [0.2, 0.25) is 0 Å². The second kappa shape index (κ2) is 7.25. The lowest BCUT2D eigenvalue weighted by molar-refractivity contribution is 0.0516. The lowest BCUT2D eigenvalue weighted by atomic mass is 10.1. The van der Waals surface area contributed by atoms with E-state index in [0.717, 1.165) is 5.56 Å². The van der Waals surface area contributed by atoms with Gasteiger partial charge in [-0.05, 0) is 48.0 Å². The fraction of sp³-hybridized carbons (Fsp3) is 0. The molecular weight excluding hydrogens is 345 g/mol. The third-order valence-corrected chi connectivity index (χ3v) is 3.99. The fourth-order valence-corrected chi connectivity index (χ4v) is 2.67. The number of fused-ring (bicyclic) bond motifs is 1. The quantitative estimate of drug-likeness (QED) is 0.498. The summed E-state index contributed by atoms with van der Waals surface area (Å²) in [5.41, 5.74) is 2.25. The van der Waals surface area contributed by atoms with E-state index in [0.29, 0.717) is 28.3 Å². The Bertz CT molecular complexity index is 1040. The highest BCUT2D eigenvalue weighted by atomic mass is 19.1. The van der Waals surface area contributed by atoms with Crippen LogP contribution in [0.2, 0.25) is 0 Å². The highest BCUT2D eigenvalue weighted by molar-refractivity contribution is 6.17. The zero-order chi connectivity index (χ0) is 18.6. The molecule has 0 unspecified atom stereocenters. The van der Waals surface area contributed by atoms with Crippen molar-refractivity contribution >= 4 is 17.8 Å².